The van der Waals surface area contributed by atoms with Crippen molar-refractivity contribution in [2.45, 2.75) is 64.5 Å². The van der Waals surface area contributed by atoms with E-state index in [1.165, 1.54) is 45.1 Å². The lowest BCUT2D eigenvalue weighted by Crippen LogP contribution is -2.39. The van der Waals surface area contributed by atoms with Gasteiger partial charge in [0, 0.05) is 12.6 Å². The molecule has 0 spiro atoms. The van der Waals surface area contributed by atoms with E-state index in [1.54, 1.807) is 0 Å². The summed E-state index contributed by atoms with van der Waals surface area (Å²) in [7, 11) is 0. The Hall–Kier alpha value is -0.0800. The van der Waals surface area contributed by atoms with Crippen LogP contribution in [0.5, 0.6) is 0 Å². The molecule has 84 valence electrons. The van der Waals surface area contributed by atoms with Gasteiger partial charge in [0.1, 0.15) is 0 Å². The fourth-order valence-corrected chi connectivity index (χ4v) is 2.07. The average molecular weight is 199 g/mol. The van der Waals surface area contributed by atoms with Crippen LogP contribution in [0.2, 0.25) is 0 Å². The van der Waals surface area contributed by atoms with Crippen molar-refractivity contribution >= 4 is 0 Å². The Morgan fingerprint density at radius 2 is 2.14 bits per heavy atom. The van der Waals surface area contributed by atoms with Crippen molar-refractivity contribution in [3.63, 3.8) is 0 Å². The van der Waals surface area contributed by atoms with Crippen LogP contribution in [0.3, 0.4) is 0 Å². The highest BCUT2D eigenvalue weighted by Gasteiger charge is 2.20. The fourth-order valence-electron chi connectivity index (χ4n) is 2.07. The molecule has 2 heteroatoms. The van der Waals surface area contributed by atoms with Crippen molar-refractivity contribution in [2.75, 3.05) is 13.2 Å². The van der Waals surface area contributed by atoms with E-state index in [0.29, 0.717) is 12.1 Å². The van der Waals surface area contributed by atoms with Gasteiger partial charge in [0.15, 0.2) is 0 Å². The molecule has 0 bridgehead atoms. The van der Waals surface area contributed by atoms with Crippen LogP contribution in [0.4, 0.5) is 0 Å². The topological polar surface area (TPSA) is 21.3 Å². The number of hydrogen-bond donors (Lipinski definition) is 1. The van der Waals surface area contributed by atoms with Gasteiger partial charge in [-0.1, -0.05) is 26.7 Å². The van der Waals surface area contributed by atoms with Gasteiger partial charge in [0.25, 0.3) is 0 Å². The van der Waals surface area contributed by atoms with Crippen LogP contribution in [0.25, 0.3) is 0 Å². The van der Waals surface area contributed by atoms with Gasteiger partial charge in [0.05, 0.1) is 6.10 Å². The zero-order valence-electron chi connectivity index (χ0n) is 9.72. The first-order valence-corrected chi connectivity index (χ1v) is 6.21. The van der Waals surface area contributed by atoms with E-state index in [0.717, 1.165) is 6.61 Å². The van der Waals surface area contributed by atoms with E-state index >= 15 is 0 Å². The smallest absolute Gasteiger partial charge is 0.0589 e. The monoisotopic (exact) mass is 199 g/mol. The van der Waals surface area contributed by atoms with Gasteiger partial charge >= 0.3 is 0 Å². The van der Waals surface area contributed by atoms with Crippen LogP contribution in [0.1, 0.15) is 52.4 Å². The third-order valence-electron chi connectivity index (χ3n) is 2.94. The Balaban J connectivity index is 2.12. The quantitative estimate of drug-likeness (QED) is 0.664. The van der Waals surface area contributed by atoms with Crippen molar-refractivity contribution in [2.24, 2.45) is 0 Å². The van der Waals surface area contributed by atoms with Gasteiger partial charge in [-0.15, -0.1) is 0 Å². The third kappa shape index (κ3) is 4.43. The molecule has 2 nitrogen and oxygen atoms in total. The maximum Gasteiger partial charge on any atom is 0.0589 e. The molecule has 0 aromatic rings. The first-order valence-electron chi connectivity index (χ1n) is 6.21. The minimum absolute atomic E-state index is 0.521. The Labute approximate surface area is 88.4 Å². The third-order valence-corrected chi connectivity index (χ3v) is 2.94. The molecule has 0 saturated carbocycles. The summed E-state index contributed by atoms with van der Waals surface area (Å²) in [6.07, 6.45) is 8.00. The first-order chi connectivity index (χ1) is 6.86. The predicted molar refractivity (Wildman–Crippen MR) is 60.6 cm³/mol. The summed E-state index contributed by atoms with van der Waals surface area (Å²) in [6.45, 7) is 6.61. The van der Waals surface area contributed by atoms with Crippen LogP contribution in [-0.2, 0) is 4.74 Å². The second-order valence-electron chi connectivity index (χ2n) is 4.31. The first kappa shape index (κ1) is 12.0. The average Bonchev–Trinajstić information content (AvgIpc) is 2.19. The molecule has 1 aliphatic heterocycles. The SMILES string of the molecule is CCCCNC1CCOC(CCC)C1. The molecule has 2 atom stereocenters. The maximum absolute atomic E-state index is 5.71. The molecule has 0 aromatic carbocycles. The number of rotatable bonds is 6. The maximum atomic E-state index is 5.71. The second-order valence-corrected chi connectivity index (χ2v) is 4.31. The zero-order valence-corrected chi connectivity index (χ0v) is 9.72. The number of ether oxygens (including phenoxy) is 1. The van der Waals surface area contributed by atoms with Crippen LogP contribution < -0.4 is 5.32 Å². The van der Waals surface area contributed by atoms with Crippen LogP contribution >= 0.6 is 0 Å². The molecule has 2 unspecified atom stereocenters. The summed E-state index contributed by atoms with van der Waals surface area (Å²) in [5.41, 5.74) is 0. The Morgan fingerprint density at radius 3 is 2.86 bits per heavy atom. The van der Waals surface area contributed by atoms with E-state index in [-0.39, 0.29) is 0 Å². The van der Waals surface area contributed by atoms with Crippen molar-refractivity contribution in [3.05, 3.63) is 0 Å². The highest BCUT2D eigenvalue weighted by atomic mass is 16.5. The molecular formula is C12H25NO. The van der Waals surface area contributed by atoms with Gasteiger partial charge < -0.3 is 10.1 Å². The van der Waals surface area contributed by atoms with Gasteiger partial charge in [-0.3, -0.25) is 0 Å². The number of nitrogens with one attached hydrogen (secondary N) is 1. The van der Waals surface area contributed by atoms with Crippen LogP contribution in [0.15, 0.2) is 0 Å². The highest BCUT2D eigenvalue weighted by Crippen LogP contribution is 2.17. The molecule has 0 aromatic heterocycles. The molecule has 1 N–H and O–H groups in total. The van der Waals surface area contributed by atoms with Crippen molar-refractivity contribution in [3.8, 4) is 0 Å². The summed E-state index contributed by atoms with van der Waals surface area (Å²) in [4.78, 5) is 0. The van der Waals surface area contributed by atoms with Gasteiger partial charge in [-0.05, 0) is 32.2 Å². The number of hydrogen-bond acceptors (Lipinski definition) is 2. The van der Waals surface area contributed by atoms with Crippen LogP contribution in [0, 0.1) is 0 Å². The fraction of sp³-hybridized carbons (Fsp3) is 1.00. The van der Waals surface area contributed by atoms with Gasteiger partial charge in [-0.25, -0.2) is 0 Å². The lowest BCUT2D eigenvalue weighted by Gasteiger charge is -2.30. The second kappa shape index (κ2) is 7.24. The van der Waals surface area contributed by atoms with E-state index in [9.17, 15) is 0 Å². The summed E-state index contributed by atoms with van der Waals surface area (Å²) in [6, 6.07) is 0.715. The minimum atomic E-state index is 0.521. The summed E-state index contributed by atoms with van der Waals surface area (Å²) < 4.78 is 5.71. The summed E-state index contributed by atoms with van der Waals surface area (Å²) >= 11 is 0. The lowest BCUT2D eigenvalue weighted by molar-refractivity contribution is -0.00309. The van der Waals surface area contributed by atoms with Crippen molar-refractivity contribution in [1.29, 1.82) is 0 Å². The summed E-state index contributed by atoms with van der Waals surface area (Å²) in [5, 5.41) is 3.63. The molecule has 1 rings (SSSR count). The minimum Gasteiger partial charge on any atom is -0.378 e. The molecular weight excluding hydrogens is 174 g/mol. The predicted octanol–water partition coefficient (Wildman–Crippen LogP) is 2.72. The van der Waals surface area contributed by atoms with E-state index in [4.69, 9.17) is 4.74 Å². The van der Waals surface area contributed by atoms with Gasteiger partial charge in [0.2, 0.25) is 0 Å². The summed E-state index contributed by atoms with van der Waals surface area (Å²) in [5.74, 6) is 0. The lowest BCUT2D eigenvalue weighted by atomic mass is 10.00. The van der Waals surface area contributed by atoms with E-state index in [1.807, 2.05) is 0 Å². The number of unbranched alkanes of at least 4 members (excludes halogenated alkanes) is 1. The molecule has 1 saturated heterocycles. The van der Waals surface area contributed by atoms with E-state index < -0.39 is 0 Å². The van der Waals surface area contributed by atoms with E-state index in [2.05, 4.69) is 19.2 Å². The molecule has 0 amide bonds. The van der Waals surface area contributed by atoms with Crippen molar-refractivity contribution in [1.82, 2.24) is 5.32 Å². The molecule has 1 fully saturated rings. The zero-order chi connectivity index (χ0) is 10.2. The molecule has 0 aliphatic carbocycles. The standard InChI is InChI=1S/C12H25NO/c1-3-5-8-13-11-7-9-14-12(10-11)6-4-2/h11-13H,3-10H2,1-2H3. The molecule has 1 heterocycles. The molecule has 0 radical (unpaired) electrons. The largest absolute Gasteiger partial charge is 0.378 e. The highest BCUT2D eigenvalue weighted by molar-refractivity contribution is 4.76. The van der Waals surface area contributed by atoms with Gasteiger partial charge in [-0.2, -0.15) is 0 Å². The Morgan fingerprint density at radius 1 is 1.29 bits per heavy atom. The Kier molecular flexibility index (Phi) is 6.20. The molecule has 1 aliphatic rings. The van der Waals surface area contributed by atoms with Crippen molar-refractivity contribution < 1.29 is 4.74 Å². The molecule has 14 heavy (non-hydrogen) atoms. The Bertz CT molecular complexity index is 136. The normalized spacial score (nSPS) is 27.9. The van der Waals surface area contributed by atoms with Crippen LogP contribution in [-0.4, -0.2) is 25.3 Å².